The Hall–Kier alpha value is -2.18. The average molecular weight is 449 g/mol. The number of allylic oxidation sites excluding steroid dienone is 6. The Morgan fingerprint density at radius 2 is 1.83 bits per heavy atom. The van der Waals surface area contributed by atoms with Crippen LogP contribution in [-0.2, 0) is 9.53 Å². The number of carbonyl (C=O) groups excluding carboxylic acids is 1. The third kappa shape index (κ3) is 8.79. The van der Waals surface area contributed by atoms with E-state index in [2.05, 4.69) is 4.74 Å². The Balaban J connectivity index is 2.97. The number of benzene rings is 1. The third-order valence-electron chi connectivity index (χ3n) is 3.54. The number of alkyl halides is 3. The summed E-state index contributed by atoms with van der Waals surface area (Å²) in [5, 5.41) is 0.109. The monoisotopic (exact) mass is 448 g/mol. The summed E-state index contributed by atoms with van der Waals surface area (Å²) in [6, 6.07) is 1.08. The number of hydrogen-bond acceptors (Lipinski definition) is 3. The van der Waals surface area contributed by atoms with Gasteiger partial charge in [0.05, 0.1) is 16.7 Å². The first kappa shape index (κ1) is 24.9. The molecule has 0 heterocycles. The van der Waals surface area contributed by atoms with Crippen molar-refractivity contribution >= 4 is 35.2 Å². The summed E-state index contributed by atoms with van der Waals surface area (Å²) in [5.41, 5.74) is 2.06. The van der Waals surface area contributed by atoms with Crippen LogP contribution in [0.2, 0.25) is 10.0 Å². The van der Waals surface area contributed by atoms with Crippen molar-refractivity contribution in [1.29, 1.82) is 0 Å². The summed E-state index contributed by atoms with van der Waals surface area (Å²) < 4.78 is 46.1. The highest BCUT2D eigenvalue weighted by Gasteiger charge is 2.32. The van der Waals surface area contributed by atoms with E-state index in [1.807, 2.05) is 6.92 Å². The van der Waals surface area contributed by atoms with Gasteiger partial charge in [-0.15, -0.1) is 13.2 Å². The molecular formula is C21H21Cl2F3O3. The van der Waals surface area contributed by atoms with Crippen molar-refractivity contribution in [3.63, 3.8) is 0 Å². The van der Waals surface area contributed by atoms with Gasteiger partial charge in [-0.25, -0.2) is 4.79 Å². The Morgan fingerprint density at radius 1 is 1.17 bits per heavy atom. The van der Waals surface area contributed by atoms with Gasteiger partial charge in [-0.1, -0.05) is 59.2 Å². The van der Waals surface area contributed by atoms with Crippen LogP contribution in [0.1, 0.15) is 31.9 Å². The van der Waals surface area contributed by atoms with Gasteiger partial charge in [0.1, 0.15) is 5.75 Å². The number of esters is 1. The number of hydrogen-bond donors (Lipinski definition) is 0. The highest BCUT2D eigenvalue weighted by molar-refractivity contribution is 6.38. The zero-order valence-corrected chi connectivity index (χ0v) is 17.9. The molecule has 0 N–H and O–H groups in total. The maximum Gasteiger partial charge on any atom is 0.573 e. The minimum atomic E-state index is -4.83. The molecule has 1 aromatic rings. The fourth-order valence-corrected chi connectivity index (χ4v) is 2.70. The van der Waals surface area contributed by atoms with Crippen molar-refractivity contribution in [2.45, 2.75) is 34.1 Å². The van der Waals surface area contributed by atoms with Crippen molar-refractivity contribution in [2.24, 2.45) is 0 Å². The van der Waals surface area contributed by atoms with E-state index in [4.69, 9.17) is 27.9 Å². The third-order valence-corrected chi connectivity index (χ3v) is 4.34. The molecule has 158 valence electrons. The zero-order valence-electron chi connectivity index (χ0n) is 16.4. The van der Waals surface area contributed by atoms with Gasteiger partial charge in [0.2, 0.25) is 0 Å². The lowest BCUT2D eigenvalue weighted by molar-refractivity contribution is -0.274. The quantitative estimate of drug-likeness (QED) is 0.250. The molecule has 0 aliphatic heterocycles. The van der Waals surface area contributed by atoms with Crippen LogP contribution in [0, 0.1) is 6.92 Å². The lowest BCUT2D eigenvalue weighted by atomic mass is 10.1. The molecule has 0 atom stereocenters. The van der Waals surface area contributed by atoms with Crippen molar-refractivity contribution in [3.8, 4) is 5.75 Å². The first-order valence-electron chi connectivity index (χ1n) is 8.57. The van der Waals surface area contributed by atoms with Crippen LogP contribution >= 0.6 is 23.2 Å². The summed E-state index contributed by atoms with van der Waals surface area (Å²) in [4.78, 5) is 11.3. The molecule has 1 rings (SSSR count). The summed E-state index contributed by atoms with van der Waals surface area (Å²) >= 11 is 12.2. The van der Waals surface area contributed by atoms with Crippen LogP contribution in [0.25, 0.3) is 6.08 Å². The predicted molar refractivity (Wildman–Crippen MR) is 110 cm³/mol. The molecule has 0 saturated carbocycles. The van der Waals surface area contributed by atoms with Crippen LogP contribution in [0.5, 0.6) is 5.75 Å². The van der Waals surface area contributed by atoms with Crippen LogP contribution in [-0.4, -0.2) is 18.9 Å². The van der Waals surface area contributed by atoms with Gasteiger partial charge in [0, 0.05) is 23.3 Å². The van der Waals surface area contributed by atoms with Gasteiger partial charge in [-0.3, -0.25) is 0 Å². The van der Waals surface area contributed by atoms with E-state index in [-0.39, 0.29) is 15.6 Å². The Labute approximate surface area is 178 Å². The molecular weight excluding hydrogens is 428 g/mol. The minimum Gasteiger partial charge on any atom is -0.463 e. The van der Waals surface area contributed by atoms with Crippen molar-refractivity contribution < 1.29 is 27.4 Å². The molecule has 0 amide bonds. The lowest BCUT2D eigenvalue weighted by Gasteiger charge is -2.14. The van der Waals surface area contributed by atoms with Crippen LogP contribution in [0.4, 0.5) is 13.2 Å². The summed E-state index contributed by atoms with van der Waals surface area (Å²) in [6.07, 6.45) is 5.14. The van der Waals surface area contributed by atoms with Gasteiger partial charge < -0.3 is 9.47 Å². The molecule has 0 bridgehead atoms. The minimum absolute atomic E-state index is 0.0349. The van der Waals surface area contributed by atoms with Gasteiger partial charge in [0.25, 0.3) is 0 Å². The first-order valence-corrected chi connectivity index (χ1v) is 9.32. The Kier molecular flexibility index (Phi) is 9.53. The molecule has 8 heteroatoms. The van der Waals surface area contributed by atoms with E-state index in [0.29, 0.717) is 12.2 Å². The highest BCUT2D eigenvalue weighted by atomic mass is 35.5. The number of halogens is 5. The molecule has 0 fully saturated rings. The summed E-state index contributed by atoms with van der Waals surface area (Å²) in [6.45, 7) is 7.04. The second-order valence-corrected chi connectivity index (χ2v) is 6.79. The fourth-order valence-electron chi connectivity index (χ4n) is 2.14. The maximum atomic E-state index is 12.5. The average Bonchev–Trinajstić information content (AvgIpc) is 2.58. The topological polar surface area (TPSA) is 35.5 Å². The smallest absolute Gasteiger partial charge is 0.463 e. The molecule has 0 aromatic heterocycles. The normalized spacial score (nSPS) is 13.4. The molecule has 0 radical (unpaired) electrons. The maximum absolute atomic E-state index is 12.5. The molecule has 29 heavy (non-hydrogen) atoms. The van der Waals surface area contributed by atoms with Crippen molar-refractivity contribution in [3.05, 3.63) is 68.8 Å². The van der Waals surface area contributed by atoms with Gasteiger partial charge in [0.15, 0.2) is 0 Å². The first-order chi connectivity index (χ1) is 13.4. The fraction of sp³-hybridized carbons (Fsp3) is 0.286. The van der Waals surface area contributed by atoms with E-state index in [1.165, 1.54) is 13.0 Å². The second-order valence-electron chi connectivity index (χ2n) is 6.00. The Bertz CT molecular complexity index is 867. The number of ether oxygens (including phenoxy) is 2. The largest absolute Gasteiger partial charge is 0.573 e. The Morgan fingerprint density at radius 3 is 2.41 bits per heavy atom. The lowest BCUT2D eigenvalue weighted by Crippen LogP contribution is -2.18. The van der Waals surface area contributed by atoms with Crippen LogP contribution < -0.4 is 4.74 Å². The molecule has 0 aliphatic carbocycles. The van der Waals surface area contributed by atoms with E-state index < -0.39 is 18.1 Å². The van der Waals surface area contributed by atoms with Crippen molar-refractivity contribution in [1.82, 2.24) is 0 Å². The molecule has 0 saturated heterocycles. The molecule has 0 spiro atoms. The molecule has 3 nitrogen and oxygen atoms in total. The van der Waals surface area contributed by atoms with Gasteiger partial charge in [-0.2, -0.15) is 0 Å². The number of carbonyl (C=O) groups is 1. The molecule has 0 unspecified atom stereocenters. The van der Waals surface area contributed by atoms with E-state index >= 15 is 0 Å². The highest BCUT2D eigenvalue weighted by Crippen LogP contribution is 2.38. The molecule has 1 aromatic carbocycles. The van der Waals surface area contributed by atoms with E-state index in [0.717, 1.165) is 17.2 Å². The summed E-state index contributed by atoms with van der Waals surface area (Å²) in [7, 11) is 0. The van der Waals surface area contributed by atoms with E-state index in [1.54, 1.807) is 44.2 Å². The van der Waals surface area contributed by atoms with Crippen molar-refractivity contribution in [2.75, 3.05) is 6.61 Å². The molecule has 0 aliphatic rings. The van der Waals surface area contributed by atoms with Gasteiger partial charge in [-0.05, 0) is 33.3 Å². The summed E-state index contributed by atoms with van der Waals surface area (Å²) in [5.74, 6) is -0.850. The SMILES string of the molecule is CCOC(=O)C=C(C)C=CC=C(C)C=Cc1c(Cl)cc(OC(F)(F)F)c(C)c1Cl. The van der Waals surface area contributed by atoms with Crippen LogP contribution in [0.15, 0.2) is 47.6 Å². The van der Waals surface area contributed by atoms with Gasteiger partial charge >= 0.3 is 12.3 Å². The number of rotatable bonds is 7. The zero-order chi connectivity index (χ0) is 22.2. The standard InChI is InChI=1S/C21H21Cl2F3O3/c1-5-28-19(27)11-14(3)8-6-7-13(2)9-10-16-17(22)12-18(15(4)20(16)23)29-21(24,25)26/h6-12H,5H2,1-4H3. The van der Waals surface area contributed by atoms with Crippen LogP contribution in [0.3, 0.4) is 0 Å². The van der Waals surface area contributed by atoms with E-state index in [9.17, 15) is 18.0 Å². The predicted octanol–water partition coefficient (Wildman–Crippen LogP) is 7.23. The second kappa shape index (κ2) is 11.1.